The van der Waals surface area contributed by atoms with E-state index in [2.05, 4.69) is 15.9 Å². The average molecular weight is 467 g/mol. The SMILES string of the molecule is COc1cc(Br)c(C(=O)C[n+]2cccc3ccccc32)cc1OC.[Br-]. The molecule has 0 fully saturated rings. The first-order valence-electron chi connectivity index (χ1n) is 7.46. The van der Waals surface area contributed by atoms with Gasteiger partial charge in [-0.3, -0.25) is 4.79 Å². The number of methoxy groups -OCH3 is 2. The van der Waals surface area contributed by atoms with Gasteiger partial charge < -0.3 is 26.5 Å². The summed E-state index contributed by atoms with van der Waals surface area (Å²) in [5.74, 6) is 1.11. The molecule has 0 unspecified atom stereocenters. The van der Waals surface area contributed by atoms with Crippen molar-refractivity contribution >= 4 is 32.6 Å². The number of carbonyl (C=O) groups is 1. The highest BCUT2D eigenvalue weighted by Crippen LogP contribution is 2.33. The third-order valence-corrected chi connectivity index (χ3v) is 4.53. The molecular formula is C19H17Br2NO3. The summed E-state index contributed by atoms with van der Waals surface area (Å²) in [5, 5.41) is 1.10. The maximum Gasteiger partial charge on any atom is 0.228 e. The molecule has 2 aromatic carbocycles. The number of nitrogens with zero attached hydrogens (tertiary/aromatic N) is 1. The molecule has 3 aromatic rings. The standard InChI is InChI=1S/C19H17BrNO3.BrH/c1-23-18-10-14(15(20)11-19(18)24-2)17(22)12-21-9-5-7-13-6-3-4-8-16(13)21;/h3-11H,12H2,1-2H3;1H/q+1;/p-1. The number of carbonyl (C=O) groups excluding carboxylic acids is 1. The van der Waals surface area contributed by atoms with E-state index < -0.39 is 0 Å². The van der Waals surface area contributed by atoms with Gasteiger partial charge in [0.2, 0.25) is 17.8 Å². The number of aromatic nitrogens is 1. The van der Waals surface area contributed by atoms with Crippen LogP contribution in [0.25, 0.3) is 10.9 Å². The van der Waals surface area contributed by atoms with E-state index in [1.807, 2.05) is 47.2 Å². The van der Waals surface area contributed by atoms with E-state index in [0.717, 1.165) is 10.9 Å². The lowest BCUT2D eigenvalue weighted by molar-refractivity contribution is -0.657. The van der Waals surface area contributed by atoms with Crippen LogP contribution in [0, 0.1) is 0 Å². The molecule has 0 amide bonds. The number of benzene rings is 2. The lowest BCUT2D eigenvalue weighted by Crippen LogP contribution is -3.00. The second-order valence-electron chi connectivity index (χ2n) is 5.31. The number of ketones is 1. The lowest BCUT2D eigenvalue weighted by atomic mass is 10.1. The molecule has 4 nitrogen and oxygen atoms in total. The second-order valence-corrected chi connectivity index (χ2v) is 6.16. The summed E-state index contributed by atoms with van der Waals surface area (Å²) in [5.41, 5.74) is 1.58. The van der Waals surface area contributed by atoms with Crippen LogP contribution in [0.15, 0.2) is 59.2 Å². The maximum absolute atomic E-state index is 12.8. The molecule has 0 N–H and O–H groups in total. The van der Waals surface area contributed by atoms with E-state index in [1.165, 1.54) is 0 Å². The first kappa shape index (κ1) is 19.4. The van der Waals surface area contributed by atoms with Crippen LogP contribution in [-0.2, 0) is 6.54 Å². The van der Waals surface area contributed by atoms with Crippen molar-refractivity contribution in [2.75, 3.05) is 14.2 Å². The Morgan fingerprint density at radius 3 is 2.40 bits per heavy atom. The zero-order valence-electron chi connectivity index (χ0n) is 13.8. The molecule has 1 heterocycles. The molecular weight excluding hydrogens is 450 g/mol. The van der Waals surface area contributed by atoms with E-state index in [0.29, 0.717) is 21.5 Å². The minimum Gasteiger partial charge on any atom is -1.00 e. The Morgan fingerprint density at radius 1 is 1.04 bits per heavy atom. The minimum absolute atomic E-state index is 0. The summed E-state index contributed by atoms with van der Waals surface area (Å²) < 4.78 is 13.2. The summed E-state index contributed by atoms with van der Waals surface area (Å²) >= 11 is 3.45. The largest absolute Gasteiger partial charge is 1.00 e. The average Bonchev–Trinajstić information content (AvgIpc) is 2.61. The zero-order chi connectivity index (χ0) is 17.1. The number of rotatable bonds is 5. The van der Waals surface area contributed by atoms with Crippen molar-refractivity contribution in [3.05, 3.63) is 64.8 Å². The van der Waals surface area contributed by atoms with Gasteiger partial charge in [-0.2, -0.15) is 4.57 Å². The Kier molecular flexibility index (Phi) is 6.56. The molecule has 1 aromatic heterocycles. The number of hydrogen-bond acceptors (Lipinski definition) is 3. The third-order valence-electron chi connectivity index (χ3n) is 3.88. The van der Waals surface area contributed by atoms with Gasteiger partial charge in [-0.25, -0.2) is 0 Å². The molecule has 0 radical (unpaired) electrons. The Balaban J connectivity index is 0.00000225. The predicted octanol–water partition coefficient (Wildman–Crippen LogP) is 0.794. The molecule has 0 spiro atoms. The van der Waals surface area contributed by atoms with Crippen molar-refractivity contribution in [2.45, 2.75) is 6.54 Å². The number of fused-ring (bicyclic) bond motifs is 1. The van der Waals surface area contributed by atoms with Crippen molar-refractivity contribution in [2.24, 2.45) is 0 Å². The Morgan fingerprint density at radius 2 is 1.68 bits per heavy atom. The van der Waals surface area contributed by atoms with Crippen molar-refractivity contribution in [1.82, 2.24) is 0 Å². The van der Waals surface area contributed by atoms with Gasteiger partial charge in [0, 0.05) is 27.6 Å². The molecule has 25 heavy (non-hydrogen) atoms. The first-order valence-corrected chi connectivity index (χ1v) is 8.25. The Hall–Kier alpha value is -1.92. The molecule has 0 aliphatic rings. The second kappa shape index (κ2) is 8.45. The van der Waals surface area contributed by atoms with Gasteiger partial charge in [0.25, 0.3) is 0 Å². The van der Waals surface area contributed by atoms with Crippen molar-refractivity contribution in [3.8, 4) is 11.5 Å². The normalized spacial score (nSPS) is 10.2. The highest BCUT2D eigenvalue weighted by Gasteiger charge is 2.20. The minimum atomic E-state index is -0.0100. The molecule has 6 heteroatoms. The molecule has 3 rings (SSSR count). The molecule has 130 valence electrons. The highest BCUT2D eigenvalue weighted by molar-refractivity contribution is 9.10. The van der Waals surface area contributed by atoms with Crippen molar-refractivity contribution in [3.63, 3.8) is 0 Å². The smallest absolute Gasteiger partial charge is 0.228 e. The van der Waals surface area contributed by atoms with Crippen molar-refractivity contribution in [1.29, 1.82) is 0 Å². The van der Waals surface area contributed by atoms with Crippen molar-refractivity contribution < 1.29 is 35.8 Å². The number of halogens is 2. The van der Waals surface area contributed by atoms with E-state index in [-0.39, 0.29) is 29.3 Å². The molecule has 0 saturated carbocycles. The highest BCUT2D eigenvalue weighted by atomic mass is 79.9. The predicted molar refractivity (Wildman–Crippen MR) is 95.7 cm³/mol. The summed E-state index contributed by atoms with van der Waals surface area (Å²) in [6, 6.07) is 15.4. The van der Waals surface area contributed by atoms with Gasteiger partial charge in [-0.05, 0) is 40.2 Å². The van der Waals surface area contributed by atoms with Gasteiger partial charge in [-0.1, -0.05) is 12.1 Å². The number of ether oxygens (including phenoxy) is 2. The number of pyridine rings is 1. The van der Waals surface area contributed by atoms with Crippen LogP contribution < -0.4 is 31.0 Å². The van der Waals surface area contributed by atoms with Crippen LogP contribution in [0.1, 0.15) is 10.4 Å². The Bertz CT molecular complexity index is 907. The molecule has 0 aliphatic heterocycles. The van der Waals surface area contributed by atoms with E-state index in [4.69, 9.17) is 9.47 Å². The van der Waals surface area contributed by atoms with Gasteiger partial charge >= 0.3 is 0 Å². The van der Waals surface area contributed by atoms with Crippen LogP contribution in [0.4, 0.5) is 0 Å². The van der Waals surface area contributed by atoms with Gasteiger partial charge in [0.1, 0.15) is 0 Å². The lowest BCUT2D eigenvalue weighted by Gasteiger charge is -2.10. The summed E-state index contributed by atoms with van der Waals surface area (Å²) in [7, 11) is 3.12. The number of hydrogen-bond donors (Lipinski definition) is 0. The summed E-state index contributed by atoms with van der Waals surface area (Å²) in [4.78, 5) is 12.8. The summed E-state index contributed by atoms with van der Waals surface area (Å²) in [6.45, 7) is 0.245. The monoisotopic (exact) mass is 465 g/mol. The molecule has 0 atom stereocenters. The third kappa shape index (κ3) is 4.02. The van der Waals surface area contributed by atoms with Crippen LogP contribution in [0.5, 0.6) is 11.5 Å². The zero-order valence-corrected chi connectivity index (χ0v) is 17.0. The molecule has 0 aliphatic carbocycles. The molecule has 0 bridgehead atoms. The fraction of sp³-hybridized carbons (Fsp3) is 0.158. The fourth-order valence-corrected chi connectivity index (χ4v) is 3.21. The van der Waals surface area contributed by atoms with Gasteiger partial charge in [0.15, 0.2) is 17.7 Å². The fourth-order valence-electron chi connectivity index (χ4n) is 2.67. The van der Waals surface area contributed by atoms with Crippen LogP contribution in [0.3, 0.4) is 0 Å². The molecule has 0 saturated heterocycles. The Labute approximate surface area is 165 Å². The topological polar surface area (TPSA) is 39.4 Å². The van der Waals surface area contributed by atoms with E-state index in [9.17, 15) is 4.79 Å². The van der Waals surface area contributed by atoms with Gasteiger partial charge in [0.05, 0.1) is 14.2 Å². The van der Waals surface area contributed by atoms with E-state index >= 15 is 0 Å². The van der Waals surface area contributed by atoms with Crippen LogP contribution in [0.2, 0.25) is 0 Å². The maximum atomic E-state index is 12.8. The van der Waals surface area contributed by atoms with Gasteiger partial charge in [-0.15, -0.1) is 0 Å². The quantitative estimate of drug-likeness (QED) is 0.412. The number of Topliss-reactive ketones (excluding diaryl/α,β-unsaturated/α-hetero) is 1. The van der Waals surface area contributed by atoms with Crippen LogP contribution in [-0.4, -0.2) is 20.0 Å². The van der Waals surface area contributed by atoms with Crippen LogP contribution >= 0.6 is 15.9 Å². The number of para-hydroxylation sites is 1. The first-order chi connectivity index (χ1) is 11.6. The summed E-state index contributed by atoms with van der Waals surface area (Å²) in [6.07, 6.45) is 1.91. The van der Waals surface area contributed by atoms with E-state index in [1.54, 1.807) is 26.4 Å².